The van der Waals surface area contributed by atoms with E-state index in [0.29, 0.717) is 5.92 Å². The summed E-state index contributed by atoms with van der Waals surface area (Å²) in [6.45, 7) is 2.28. The molecule has 2 heterocycles. The van der Waals surface area contributed by atoms with Crippen LogP contribution in [-0.4, -0.2) is 16.3 Å². The van der Waals surface area contributed by atoms with Crippen LogP contribution >= 0.6 is 0 Å². The first-order valence-corrected chi connectivity index (χ1v) is 7.46. The third kappa shape index (κ3) is 2.22. The largest absolute Gasteiger partial charge is 0.400 e. The van der Waals surface area contributed by atoms with Crippen molar-refractivity contribution >= 4 is 17.9 Å². The highest BCUT2D eigenvalue weighted by atomic mass is 15.4. The molecule has 1 aliphatic carbocycles. The Labute approximate surface area is 119 Å². The summed E-state index contributed by atoms with van der Waals surface area (Å²) in [5.74, 6) is 8.19. The SMILES string of the molecule is CCC1CCC(/C(N)=C2\c3cc[nH]c3N=CN2N)CC1. The molecule has 0 aromatic carbocycles. The summed E-state index contributed by atoms with van der Waals surface area (Å²) in [6.07, 6.45) is 9.65. The van der Waals surface area contributed by atoms with Gasteiger partial charge in [-0.05, 0) is 37.7 Å². The lowest BCUT2D eigenvalue weighted by Crippen LogP contribution is -2.33. The van der Waals surface area contributed by atoms with Gasteiger partial charge < -0.3 is 10.7 Å². The molecule has 108 valence electrons. The quantitative estimate of drug-likeness (QED) is 0.724. The van der Waals surface area contributed by atoms with Crippen molar-refractivity contribution in [3.63, 3.8) is 0 Å². The molecule has 0 atom stereocenters. The van der Waals surface area contributed by atoms with Crippen LogP contribution in [-0.2, 0) is 0 Å². The Balaban J connectivity index is 1.88. The molecule has 0 bridgehead atoms. The molecule has 1 saturated carbocycles. The highest BCUT2D eigenvalue weighted by molar-refractivity contribution is 5.86. The summed E-state index contributed by atoms with van der Waals surface area (Å²) in [6, 6.07) is 1.99. The zero-order valence-corrected chi connectivity index (χ0v) is 12.0. The fraction of sp³-hybridized carbons (Fsp3) is 0.533. The Morgan fingerprint density at radius 1 is 1.40 bits per heavy atom. The number of fused-ring (bicyclic) bond motifs is 1. The molecule has 5 nitrogen and oxygen atoms in total. The van der Waals surface area contributed by atoms with E-state index in [4.69, 9.17) is 11.6 Å². The predicted molar refractivity (Wildman–Crippen MR) is 81.8 cm³/mol. The van der Waals surface area contributed by atoms with Gasteiger partial charge in [-0.15, -0.1) is 0 Å². The highest BCUT2D eigenvalue weighted by Crippen LogP contribution is 2.38. The molecule has 1 fully saturated rings. The van der Waals surface area contributed by atoms with Crippen LogP contribution in [0.15, 0.2) is 23.0 Å². The fourth-order valence-electron chi connectivity index (χ4n) is 3.35. The second-order valence-corrected chi connectivity index (χ2v) is 5.82. The Kier molecular flexibility index (Phi) is 3.53. The van der Waals surface area contributed by atoms with Crippen molar-refractivity contribution in [2.24, 2.45) is 28.4 Å². The van der Waals surface area contributed by atoms with Crippen LogP contribution in [0.25, 0.3) is 5.70 Å². The van der Waals surface area contributed by atoms with E-state index in [0.717, 1.165) is 28.7 Å². The third-order valence-corrected chi connectivity index (χ3v) is 4.69. The van der Waals surface area contributed by atoms with Gasteiger partial charge in [0.2, 0.25) is 0 Å². The maximum Gasteiger partial charge on any atom is 0.141 e. The summed E-state index contributed by atoms with van der Waals surface area (Å²) in [4.78, 5) is 7.38. The number of aromatic amines is 1. The van der Waals surface area contributed by atoms with E-state index in [1.807, 2.05) is 12.3 Å². The van der Waals surface area contributed by atoms with Gasteiger partial charge in [-0.2, -0.15) is 0 Å². The minimum Gasteiger partial charge on any atom is -0.400 e. The van der Waals surface area contributed by atoms with Crippen LogP contribution in [0.4, 0.5) is 5.82 Å². The second-order valence-electron chi connectivity index (χ2n) is 5.82. The molecule has 3 rings (SSSR count). The fourth-order valence-corrected chi connectivity index (χ4v) is 3.35. The number of allylic oxidation sites excluding steroid dienone is 1. The number of nitrogens with one attached hydrogen (secondary N) is 1. The first-order valence-electron chi connectivity index (χ1n) is 7.46. The summed E-state index contributed by atoms with van der Waals surface area (Å²) in [5.41, 5.74) is 9.29. The first-order chi connectivity index (χ1) is 9.70. The molecule has 1 aliphatic heterocycles. The lowest BCUT2D eigenvalue weighted by atomic mass is 9.79. The number of hydrogen-bond acceptors (Lipinski definition) is 4. The van der Waals surface area contributed by atoms with Crippen molar-refractivity contribution < 1.29 is 0 Å². The average Bonchev–Trinajstić information content (AvgIpc) is 2.95. The molecule has 0 spiro atoms. The van der Waals surface area contributed by atoms with Gasteiger partial charge in [0, 0.05) is 23.4 Å². The molecule has 0 unspecified atom stereocenters. The van der Waals surface area contributed by atoms with E-state index < -0.39 is 0 Å². The van der Waals surface area contributed by atoms with Crippen LogP contribution in [0.1, 0.15) is 44.6 Å². The lowest BCUT2D eigenvalue weighted by molar-refractivity contribution is 0.293. The van der Waals surface area contributed by atoms with E-state index >= 15 is 0 Å². The number of hydrazine groups is 1. The van der Waals surface area contributed by atoms with Gasteiger partial charge in [0.25, 0.3) is 0 Å². The molecule has 5 N–H and O–H groups in total. The number of nitrogens with two attached hydrogens (primary N) is 2. The maximum atomic E-state index is 6.46. The number of H-pyrrole nitrogens is 1. The lowest BCUT2D eigenvalue weighted by Gasteiger charge is -2.31. The number of rotatable bonds is 2. The summed E-state index contributed by atoms with van der Waals surface area (Å²) in [5, 5.41) is 1.55. The molecular formula is C15H23N5. The van der Waals surface area contributed by atoms with Gasteiger partial charge in [-0.25, -0.2) is 10.8 Å². The number of aliphatic imine (C=N–C) groups is 1. The second kappa shape index (κ2) is 5.32. The third-order valence-electron chi connectivity index (χ3n) is 4.69. The summed E-state index contributed by atoms with van der Waals surface area (Å²) >= 11 is 0. The molecule has 1 aromatic heterocycles. The van der Waals surface area contributed by atoms with E-state index in [-0.39, 0.29) is 0 Å². The topological polar surface area (TPSA) is 83.4 Å². The van der Waals surface area contributed by atoms with Crippen LogP contribution < -0.4 is 11.6 Å². The number of hydrogen-bond donors (Lipinski definition) is 3. The molecule has 0 radical (unpaired) electrons. The van der Waals surface area contributed by atoms with Gasteiger partial charge in [0.05, 0.1) is 5.70 Å². The zero-order valence-electron chi connectivity index (χ0n) is 12.0. The monoisotopic (exact) mass is 273 g/mol. The van der Waals surface area contributed by atoms with E-state index in [2.05, 4.69) is 16.9 Å². The van der Waals surface area contributed by atoms with Gasteiger partial charge in [0.15, 0.2) is 0 Å². The van der Waals surface area contributed by atoms with Gasteiger partial charge in [0.1, 0.15) is 12.2 Å². The van der Waals surface area contributed by atoms with Crippen molar-refractivity contribution in [3.8, 4) is 0 Å². The Hall–Kier alpha value is -1.75. The standard InChI is InChI=1S/C15H23N5/c1-2-10-3-5-11(6-4-10)13(16)14-12-7-8-18-15(12)19-9-20(14)17/h7-11,18H,2-6,16-17H2,1H3/b14-13-. The number of aromatic nitrogens is 1. The molecule has 1 aromatic rings. The molecule has 0 saturated heterocycles. The van der Waals surface area contributed by atoms with Crippen molar-refractivity contribution in [1.29, 1.82) is 0 Å². The minimum atomic E-state index is 0.438. The predicted octanol–water partition coefficient (Wildman–Crippen LogP) is 2.71. The normalized spacial score (nSPS) is 28.4. The zero-order chi connectivity index (χ0) is 14.1. The van der Waals surface area contributed by atoms with Crippen molar-refractivity contribution in [2.75, 3.05) is 0 Å². The molecule has 2 aliphatic rings. The van der Waals surface area contributed by atoms with E-state index in [9.17, 15) is 0 Å². The molecule has 0 amide bonds. The van der Waals surface area contributed by atoms with Crippen LogP contribution in [0.5, 0.6) is 0 Å². The summed E-state index contributed by atoms with van der Waals surface area (Å²) < 4.78 is 0. The molecule has 20 heavy (non-hydrogen) atoms. The van der Waals surface area contributed by atoms with Crippen LogP contribution in [0.2, 0.25) is 0 Å². The molecule has 5 heteroatoms. The maximum absolute atomic E-state index is 6.46. The van der Waals surface area contributed by atoms with Gasteiger partial charge in [-0.3, -0.25) is 5.01 Å². The van der Waals surface area contributed by atoms with E-state index in [1.54, 1.807) is 11.3 Å². The Bertz CT molecular complexity index is 534. The minimum absolute atomic E-state index is 0.438. The van der Waals surface area contributed by atoms with Crippen LogP contribution in [0.3, 0.4) is 0 Å². The van der Waals surface area contributed by atoms with Gasteiger partial charge in [-0.1, -0.05) is 13.3 Å². The first kappa shape index (κ1) is 13.2. The van der Waals surface area contributed by atoms with Gasteiger partial charge >= 0.3 is 0 Å². The van der Waals surface area contributed by atoms with Crippen LogP contribution in [0, 0.1) is 11.8 Å². The van der Waals surface area contributed by atoms with E-state index in [1.165, 1.54) is 32.1 Å². The Morgan fingerprint density at radius 3 is 2.85 bits per heavy atom. The van der Waals surface area contributed by atoms with Crippen molar-refractivity contribution in [1.82, 2.24) is 9.99 Å². The highest BCUT2D eigenvalue weighted by Gasteiger charge is 2.27. The summed E-state index contributed by atoms with van der Waals surface area (Å²) in [7, 11) is 0. The smallest absolute Gasteiger partial charge is 0.141 e. The molecular weight excluding hydrogens is 250 g/mol. The van der Waals surface area contributed by atoms with Crippen molar-refractivity contribution in [2.45, 2.75) is 39.0 Å². The number of nitrogens with zero attached hydrogens (tertiary/aromatic N) is 2. The van der Waals surface area contributed by atoms with Crippen molar-refractivity contribution in [3.05, 3.63) is 23.5 Å². The Morgan fingerprint density at radius 2 is 2.15 bits per heavy atom. The average molecular weight is 273 g/mol.